The summed E-state index contributed by atoms with van der Waals surface area (Å²) >= 11 is 0. The van der Waals surface area contributed by atoms with Gasteiger partial charge in [0.05, 0.1) is 19.8 Å². The quantitative estimate of drug-likeness (QED) is 0.604. The van der Waals surface area contributed by atoms with E-state index < -0.39 is 6.03 Å². The summed E-state index contributed by atoms with van der Waals surface area (Å²) in [7, 11) is 5.81. The Balaban J connectivity index is 1.86. The van der Waals surface area contributed by atoms with E-state index in [0.29, 0.717) is 36.9 Å². The second-order valence-electron chi connectivity index (χ2n) is 7.26. The van der Waals surface area contributed by atoms with Gasteiger partial charge in [-0.3, -0.25) is 15.0 Å². The standard InChI is InChI=1S/C23H32N4O4/c1-6-30-20-13-10-18(14-21(20)31-7-2)24-23(29)25-22(28)16-27(5)15-17-8-11-19(12-9-17)26(3)4/h8-14H,6-7,15-16H2,1-5H3,(H2,24,25,28,29). The van der Waals surface area contributed by atoms with Crippen LogP contribution in [-0.4, -0.2) is 57.7 Å². The van der Waals surface area contributed by atoms with Crippen molar-refractivity contribution in [3.8, 4) is 11.5 Å². The fourth-order valence-corrected chi connectivity index (χ4v) is 2.97. The molecule has 0 spiro atoms. The van der Waals surface area contributed by atoms with Crippen molar-refractivity contribution >= 4 is 23.3 Å². The minimum Gasteiger partial charge on any atom is -0.490 e. The largest absolute Gasteiger partial charge is 0.490 e. The lowest BCUT2D eigenvalue weighted by atomic mass is 10.2. The molecule has 0 unspecified atom stereocenters. The van der Waals surface area contributed by atoms with E-state index in [2.05, 4.69) is 10.6 Å². The first-order valence-corrected chi connectivity index (χ1v) is 10.3. The number of likely N-dealkylation sites (N-methyl/N-ethyl adjacent to an activating group) is 1. The number of rotatable bonds is 10. The number of benzene rings is 2. The highest BCUT2D eigenvalue weighted by atomic mass is 16.5. The molecular formula is C23H32N4O4. The monoisotopic (exact) mass is 428 g/mol. The highest BCUT2D eigenvalue weighted by Crippen LogP contribution is 2.30. The minimum absolute atomic E-state index is 0.0936. The number of hydrogen-bond donors (Lipinski definition) is 2. The number of amides is 3. The van der Waals surface area contributed by atoms with E-state index in [0.717, 1.165) is 11.3 Å². The second kappa shape index (κ2) is 11.8. The third kappa shape index (κ3) is 7.82. The number of imide groups is 1. The van der Waals surface area contributed by atoms with Gasteiger partial charge in [0, 0.05) is 38.1 Å². The minimum atomic E-state index is -0.597. The maximum Gasteiger partial charge on any atom is 0.325 e. The fraction of sp³-hybridized carbons (Fsp3) is 0.391. The van der Waals surface area contributed by atoms with Crippen LogP contribution in [0.3, 0.4) is 0 Å². The van der Waals surface area contributed by atoms with Crippen LogP contribution < -0.4 is 25.0 Å². The summed E-state index contributed by atoms with van der Waals surface area (Å²) in [6.07, 6.45) is 0. The van der Waals surface area contributed by atoms with Gasteiger partial charge < -0.3 is 19.7 Å². The van der Waals surface area contributed by atoms with Crippen molar-refractivity contribution in [1.82, 2.24) is 10.2 Å². The smallest absolute Gasteiger partial charge is 0.325 e. The molecule has 2 N–H and O–H groups in total. The van der Waals surface area contributed by atoms with Gasteiger partial charge in [0.1, 0.15) is 0 Å². The molecule has 31 heavy (non-hydrogen) atoms. The van der Waals surface area contributed by atoms with E-state index in [4.69, 9.17) is 9.47 Å². The van der Waals surface area contributed by atoms with Gasteiger partial charge in [-0.1, -0.05) is 12.1 Å². The van der Waals surface area contributed by atoms with Gasteiger partial charge in [0.25, 0.3) is 0 Å². The number of carbonyl (C=O) groups excluding carboxylic acids is 2. The predicted molar refractivity (Wildman–Crippen MR) is 123 cm³/mol. The molecule has 2 rings (SSSR count). The first kappa shape index (κ1) is 24.0. The van der Waals surface area contributed by atoms with Crippen molar-refractivity contribution < 1.29 is 19.1 Å². The van der Waals surface area contributed by atoms with Gasteiger partial charge in [-0.25, -0.2) is 4.79 Å². The molecule has 0 bridgehead atoms. The molecule has 3 amide bonds. The van der Waals surface area contributed by atoms with E-state index in [1.54, 1.807) is 18.2 Å². The maximum atomic E-state index is 12.2. The lowest BCUT2D eigenvalue weighted by Gasteiger charge is -2.18. The highest BCUT2D eigenvalue weighted by molar-refractivity contribution is 6.01. The molecule has 0 heterocycles. The Morgan fingerprint density at radius 3 is 2.16 bits per heavy atom. The van der Waals surface area contributed by atoms with Crippen LogP contribution in [-0.2, 0) is 11.3 Å². The number of urea groups is 1. The van der Waals surface area contributed by atoms with Crippen LogP contribution in [0.1, 0.15) is 19.4 Å². The maximum absolute atomic E-state index is 12.2. The van der Waals surface area contributed by atoms with E-state index in [1.165, 1.54) is 0 Å². The van der Waals surface area contributed by atoms with Crippen molar-refractivity contribution in [2.24, 2.45) is 0 Å². The van der Waals surface area contributed by atoms with E-state index in [1.807, 2.05) is 69.1 Å². The topological polar surface area (TPSA) is 83.1 Å². The molecule has 0 aliphatic carbocycles. The fourth-order valence-electron chi connectivity index (χ4n) is 2.97. The SMILES string of the molecule is CCOc1ccc(NC(=O)NC(=O)CN(C)Cc2ccc(N(C)C)cc2)cc1OCC. The Labute approximate surface area is 184 Å². The zero-order valence-electron chi connectivity index (χ0n) is 18.9. The van der Waals surface area contributed by atoms with Crippen molar-refractivity contribution in [1.29, 1.82) is 0 Å². The van der Waals surface area contributed by atoms with Crippen LogP contribution in [0.2, 0.25) is 0 Å². The third-order valence-corrected chi connectivity index (χ3v) is 4.37. The van der Waals surface area contributed by atoms with Crippen LogP contribution in [0.15, 0.2) is 42.5 Å². The Hall–Kier alpha value is -3.26. The van der Waals surface area contributed by atoms with Crippen molar-refractivity contribution in [2.75, 3.05) is 51.1 Å². The molecule has 2 aromatic carbocycles. The normalized spacial score (nSPS) is 10.5. The van der Waals surface area contributed by atoms with Crippen LogP contribution in [0.4, 0.5) is 16.2 Å². The average Bonchev–Trinajstić information content (AvgIpc) is 2.70. The molecule has 2 aromatic rings. The van der Waals surface area contributed by atoms with Crippen molar-refractivity contribution in [3.63, 3.8) is 0 Å². The molecule has 0 aliphatic rings. The Morgan fingerprint density at radius 1 is 0.903 bits per heavy atom. The molecule has 8 heteroatoms. The second-order valence-corrected chi connectivity index (χ2v) is 7.26. The van der Waals surface area contributed by atoms with Crippen molar-refractivity contribution in [3.05, 3.63) is 48.0 Å². The first-order chi connectivity index (χ1) is 14.8. The molecule has 0 atom stereocenters. The Bertz CT molecular complexity index is 868. The number of nitrogens with one attached hydrogen (secondary N) is 2. The summed E-state index contributed by atoms with van der Waals surface area (Å²) in [5, 5.41) is 5.00. The van der Waals surface area contributed by atoms with Gasteiger partial charge in [-0.15, -0.1) is 0 Å². The summed E-state index contributed by atoms with van der Waals surface area (Å²) in [6.45, 7) is 5.42. The summed E-state index contributed by atoms with van der Waals surface area (Å²) in [5.74, 6) is 0.751. The Kier molecular flexibility index (Phi) is 9.14. The van der Waals surface area contributed by atoms with Crippen LogP contribution in [0, 0.1) is 0 Å². The Morgan fingerprint density at radius 2 is 1.55 bits per heavy atom. The van der Waals surface area contributed by atoms with Crippen LogP contribution >= 0.6 is 0 Å². The molecule has 0 radical (unpaired) electrons. The van der Waals surface area contributed by atoms with Crippen LogP contribution in [0.5, 0.6) is 11.5 Å². The molecular weight excluding hydrogens is 396 g/mol. The molecule has 0 fully saturated rings. The lowest BCUT2D eigenvalue weighted by Crippen LogP contribution is -2.40. The summed E-state index contributed by atoms with van der Waals surface area (Å²) in [5.41, 5.74) is 2.71. The number of anilines is 2. The number of hydrogen-bond acceptors (Lipinski definition) is 6. The van der Waals surface area contributed by atoms with E-state index in [9.17, 15) is 9.59 Å². The summed E-state index contributed by atoms with van der Waals surface area (Å²) in [4.78, 5) is 28.3. The number of carbonyl (C=O) groups is 2. The van der Waals surface area contributed by atoms with Gasteiger partial charge in [-0.2, -0.15) is 0 Å². The van der Waals surface area contributed by atoms with Gasteiger partial charge in [0.15, 0.2) is 11.5 Å². The molecule has 0 aliphatic heterocycles. The summed E-state index contributed by atoms with van der Waals surface area (Å²) < 4.78 is 11.1. The van der Waals surface area contributed by atoms with E-state index in [-0.39, 0.29) is 12.5 Å². The number of ether oxygens (including phenoxy) is 2. The average molecular weight is 429 g/mol. The number of nitrogens with zero attached hydrogens (tertiary/aromatic N) is 2. The lowest BCUT2D eigenvalue weighted by molar-refractivity contribution is -0.120. The molecule has 0 aromatic heterocycles. The molecule has 0 saturated heterocycles. The van der Waals surface area contributed by atoms with Gasteiger partial charge in [0.2, 0.25) is 5.91 Å². The third-order valence-electron chi connectivity index (χ3n) is 4.37. The molecule has 8 nitrogen and oxygen atoms in total. The zero-order valence-corrected chi connectivity index (χ0v) is 18.9. The van der Waals surface area contributed by atoms with Gasteiger partial charge in [-0.05, 0) is 50.7 Å². The van der Waals surface area contributed by atoms with Crippen molar-refractivity contribution in [2.45, 2.75) is 20.4 Å². The zero-order chi connectivity index (χ0) is 22.8. The molecule has 0 saturated carbocycles. The molecule has 168 valence electrons. The van der Waals surface area contributed by atoms with Crippen LogP contribution in [0.25, 0.3) is 0 Å². The van der Waals surface area contributed by atoms with Gasteiger partial charge >= 0.3 is 6.03 Å². The van der Waals surface area contributed by atoms with E-state index >= 15 is 0 Å². The first-order valence-electron chi connectivity index (χ1n) is 10.3. The summed E-state index contributed by atoms with van der Waals surface area (Å²) in [6, 6.07) is 12.6. The predicted octanol–water partition coefficient (Wildman–Crippen LogP) is 3.33. The highest BCUT2D eigenvalue weighted by Gasteiger charge is 2.13.